The molecule has 0 atom stereocenters. The van der Waals surface area contributed by atoms with Crippen LogP contribution in [0.1, 0.15) is 21.9 Å². The topological polar surface area (TPSA) is 33.5 Å². The number of aryl methyl sites for hydroxylation is 1. The van der Waals surface area contributed by atoms with Crippen LogP contribution >= 0.6 is 11.6 Å². The second-order valence-electron chi connectivity index (χ2n) is 4.16. The average molecular weight is 264 g/mol. The first-order valence-electron chi connectivity index (χ1n) is 5.63. The zero-order valence-corrected chi connectivity index (χ0v) is 11.1. The van der Waals surface area contributed by atoms with Gasteiger partial charge in [0.2, 0.25) is 0 Å². The van der Waals surface area contributed by atoms with Gasteiger partial charge in [-0.2, -0.15) is 0 Å². The molecule has 2 rings (SSSR count). The lowest BCUT2D eigenvalue weighted by molar-refractivity contribution is 0.0752. The Morgan fingerprint density at radius 1 is 1.28 bits per heavy atom. The van der Waals surface area contributed by atoms with Crippen molar-refractivity contribution in [3.8, 4) is 0 Å². The molecule has 94 valence electrons. The summed E-state index contributed by atoms with van der Waals surface area (Å²) in [7, 11) is 1.73. The van der Waals surface area contributed by atoms with E-state index in [9.17, 15) is 4.79 Å². The van der Waals surface area contributed by atoms with E-state index in [-0.39, 0.29) is 5.91 Å². The summed E-state index contributed by atoms with van der Waals surface area (Å²) >= 11 is 6.06. The molecule has 0 aliphatic carbocycles. The van der Waals surface area contributed by atoms with Gasteiger partial charge in [-0.25, -0.2) is 0 Å². The third-order valence-electron chi connectivity index (χ3n) is 2.66. The van der Waals surface area contributed by atoms with Crippen molar-refractivity contribution < 1.29 is 9.21 Å². The van der Waals surface area contributed by atoms with Crippen molar-refractivity contribution in [2.24, 2.45) is 0 Å². The van der Waals surface area contributed by atoms with E-state index in [0.717, 1.165) is 11.3 Å². The van der Waals surface area contributed by atoms with Gasteiger partial charge in [0.1, 0.15) is 5.76 Å². The van der Waals surface area contributed by atoms with Crippen LogP contribution in [0.5, 0.6) is 0 Å². The van der Waals surface area contributed by atoms with Crippen molar-refractivity contribution in [3.63, 3.8) is 0 Å². The van der Waals surface area contributed by atoms with Crippen molar-refractivity contribution in [3.05, 3.63) is 58.5 Å². The molecule has 1 heterocycles. The van der Waals surface area contributed by atoms with Gasteiger partial charge in [0.25, 0.3) is 5.91 Å². The summed E-state index contributed by atoms with van der Waals surface area (Å²) in [5.74, 6) is 0.926. The number of benzene rings is 1. The van der Waals surface area contributed by atoms with Crippen LogP contribution in [-0.4, -0.2) is 17.9 Å². The molecule has 2 aromatic rings. The molecule has 0 saturated carbocycles. The number of carbonyl (C=O) groups excluding carboxylic acids is 1. The van der Waals surface area contributed by atoms with Crippen molar-refractivity contribution >= 4 is 17.5 Å². The zero-order chi connectivity index (χ0) is 13.1. The second kappa shape index (κ2) is 5.27. The number of hydrogen-bond donors (Lipinski definition) is 0. The predicted octanol–water partition coefficient (Wildman–Crippen LogP) is 3.51. The van der Waals surface area contributed by atoms with Crippen molar-refractivity contribution in [1.82, 2.24) is 4.90 Å². The maximum absolute atomic E-state index is 12.1. The van der Waals surface area contributed by atoms with Crippen LogP contribution in [0.3, 0.4) is 0 Å². The second-order valence-corrected chi connectivity index (χ2v) is 4.57. The molecule has 0 saturated heterocycles. The lowest BCUT2D eigenvalue weighted by atomic mass is 10.2. The minimum absolute atomic E-state index is 0.150. The molecule has 0 N–H and O–H groups in total. The quantitative estimate of drug-likeness (QED) is 0.849. The van der Waals surface area contributed by atoms with E-state index in [1.54, 1.807) is 24.1 Å². The van der Waals surface area contributed by atoms with Crippen LogP contribution in [0, 0.1) is 6.92 Å². The van der Waals surface area contributed by atoms with Gasteiger partial charge in [-0.15, -0.1) is 0 Å². The maximum Gasteiger partial charge on any atom is 0.289 e. The van der Waals surface area contributed by atoms with Crippen LogP contribution in [0.4, 0.5) is 0 Å². The Balaban J connectivity index is 2.11. The molecule has 0 aliphatic heterocycles. The Bertz CT molecular complexity index is 562. The fourth-order valence-electron chi connectivity index (χ4n) is 1.69. The minimum Gasteiger partial charge on any atom is -0.456 e. The number of halogens is 1. The summed E-state index contributed by atoms with van der Waals surface area (Å²) < 4.78 is 5.31. The Morgan fingerprint density at radius 2 is 2.00 bits per heavy atom. The maximum atomic E-state index is 12.1. The lowest BCUT2D eigenvalue weighted by Gasteiger charge is -2.16. The SMILES string of the molecule is Cc1ccc(C(=O)N(C)Cc2ccccc2Cl)o1. The highest BCUT2D eigenvalue weighted by Gasteiger charge is 2.16. The number of furan rings is 1. The molecule has 0 radical (unpaired) electrons. The smallest absolute Gasteiger partial charge is 0.289 e. The molecule has 4 heteroatoms. The zero-order valence-electron chi connectivity index (χ0n) is 10.3. The summed E-state index contributed by atoms with van der Waals surface area (Å²) in [5.41, 5.74) is 0.915. The molecule has 1 amide bonds. The number of nitrogens with zero attached hydrogens (tertiary/aromatic N) is 1. The van der Waals surface area contributed by atoms with E-state index in [4.69, 9.17) is 16.0 Å². The van der Waals surface area contributed by atoms with Gasteiger partial charge < -0.3 is 9.32 Å². The third kappa shape index (κ3) is 2.74. The van der Waals surface area contributed by atoms with E-state index < -0.39 is 0 Å². The molecule has 0 spiro atoms. The Labute approximate surface area is 111 Å². The largest absolute Gasteiger partial charge is 0.456 e. The van der Waals surface area contributed by atoms with E-state index >= 15 is 0 Å². The van der Waals surface area contributed by atoms with Crippen LogP contribution in [0.15, 0.2) is 40.8 Å². The molecular formula is C14H14ClNO2. The monoisotopic (exact) mass is 263 g/mol. The van der Waals surface area contributed by atoms with E-state index in [2.05, 4.69) is 0 Å². The van der Waals surface area contributed by atoms with Gasteiger partial charge in [0, 0.05) is 18.6 Å². The molecule has 1 aromatic carbocycles. The van der Waals surface area contributed by atoms with Gasteiger partial charge in [0.05, 0.1) is 0 Å². The Morgan fingerprint density at radius 3 is 2.61 bits per heavy atom. The molecule has 0 bridgehead atoms. The van der Waals surface area contributed by atoms with Crippen LogP contribution < -0.4 is 0 Å². The van der Waals surface area contributed by atoms with Gasteiger partial charge in [-0.1, -0.05) is 29.8 Å². The molecule has 0 unspecified atom stereocenters. The molecule has 0 aliphatic rings. The molecule has 3 nitrogen and oxygen atoms in total. The van der Waals surface area contributed by atoms with Crippen LogP contribution in [-0.2, 0) is 6.54 Å². The molecule has 0 fully saturated rings. The molecule has 18 heavy (non-hydrogen) atoms. The van der Waals surface area contributed by atoms with Gasteiger partial charge in [-0.05, 0) is 30.7 Å². The van der Waals surface area contributed by atoms with Gasteiger partial charge >= 0.3 is 0 Å². The highest BCUT2D eigenvalue weighted by molar-refractivity contribution is 6.31. The molecular weight excluding hydrogens is 250 g/mol. The highest BCUT2D eigenvalue weighted by Crippen LogP contribution is 2.18. The van der Waals surface area contributed by atoms with Crippen LogP contribution in [0.25, 0.3) is 0 Å². The lowest BCUT2D eigenvalue weighted by Crippen LogP contribution is -2.25. The average Bonchev–Trinajstić information content (AvgIpc) is 2.78. The van der Waals surface area contributed by atoms with Crippen molar-refractivity contribution in [1.29, 1.82) is 0 Å². The molecule has 1 aromatic heterocycles. The number of amides is 1. The standard InChI is InChI=1S/C14H14ClNO2/c1-10-7-8-13(18-10)14(17)16(2)9-11-5-3-4-6-12(11)15/h3-8H,9H2,1-2H3. The summed E-state index contributed by atoms with van der Waals surface area (Å²) in [6, 6.07) is 10.9. The predicted molar refractivity (Wildman–Crippen MR) is 70.7 cm³/mol. The fourth-order valence-corrected chi connectivity index (χ4v) is 1.89. The number of hydrogen-bond acceptors (Lipinski definition) is 2. The summed E-state index contributed by atoms with van der Waals surface area (Å²) in [5, 5.41) is 0.660. The number of carbonyl (C=O) groups is 1. The van der Waals surface area contributed by atoms with E-state index in [0.29, 0.717) is 17.3 Å². The van der Waals surface area contributed by atoms with Gasteiger partial charge in [0.15, 0.2) is 5.76 Å². The first-order chi connectivity index (χ1) is 8.58. The van der Waals surface area contributed by atoms with Crippen molar-refractivity contribution in [2.45, 2.75) is 13.5 Å². The Kier molecular flexibility index (Phi) is 3.72. The minimum atomic E-state index is -0.150. The normalized spacial score (nSPS) is 10.4. The summed E-state index contributed by atoms with van der Waals surface area (Å²) in [4.78, 5) is 13.6. The highest BCUT2D eigenvalue weighted by atomic mass is 35.5. The van der Waals surface area contributed by atoms with E-state index in [1.165, 1.54) is 0 Å². The summed E-state index contributed by atoms with van der Waals surface area (Å²) in [6.45, 7) is 2.27. The van der Waals surface area contributed by atoms with Crippen molar-refractivity contribution in [2.75, 3.05) is 7.05 Å². The third-order valence-corrected chi connectivity index (χ3v) is 3.03. The first kappa shape index (κ1) is 12.7. The number of rotatable bonds is 3. The van der Waals surface area contributed by atoms with Gasteiger partial charge in [-0.3, -0.25) is 4.79 Å². The Hall–Kier alpha value is -1.74. The summed E-state index contributed by atoms with van der Waals surface area (Å²) in [6.07, 6.45) is 0. The first-order valence-corrected chi connectivity index (χ1v) is 6.01. The van der Waals surface area contributed by atoms with E-state index in [1.807, 2.05) is 31.2 Å². The fraction of sp³-hybridized carbons (Fsp3) is 0.214. The van der Waals surface area contributed by atoms with Crippen LogP contribution in [0.2, 0.25) is 5.02 Å².